The molecule has 1 heterocycles. The highest BCUT2D eigenvalue weighted by atomic mass is 16.2. The van der Waals surface area contributed by atoms with Crippen LogP contribution in [0.3, 0.4) is 0 Å². The molecular weight excluding hydrogens is 300 g/mol. The largest absolute Gasteiger partial charge is 0.378 e. The van der Waals surface area contributed by atoms with E-state index in [1.165, 1.54) is 11.3 Å². The van der Waals surface area contributed by atoms with Crippen molar-refractivity contribution < 1.29 is 4.79 Å². The van der Waals surface area contributed by atoms with Gasteiger partial charge in [-0.15, -0.1) is 0 Å². The molecule has 0 saturated heterocycles. The van der Waals surface area contributed by atoms with Crippen molar-refractivity contribution in [3.8, 4) is 0 Å². The molecule has 5 nitrogen and oxygen atoms in total. The SMILES string of the molecule is CN(C)c1ccc(CCCNC(=O)NCCc2ccccn2)cc1. The molecule has 0 bridgehead atoms. The number of nitrogens with zero attached hydrogens (tertiary/aromatic N) is 2. The number of pyridine rings is 1. The fraction of sp³-hybridized carbons (Fsp3) is 0.368. The Morgan fingerprint density at radius 2 is 1.75 bits per heavy atom. The topological polar surface area (TPSA) is 57.3 Å². The Bertz CT molecular complexity index is 611. The van der Waals surface area contributed by atoms with Gasteiger partial charge in [0.2, 0.25) is 0 Å². The minimum Gasteiger partial charge on any atom is -0.378 e. The summed E-state index contributed by atoms with van der Waals surface area (Å²) in [6.07, 6.45) is 4.39. The number of hydrogen-bond donors (Lipinski definition) is 2. The smallest absolute Gasteiger partial charge is 0.314 e. The van der Waals surface area contributed by atoms with E-state index in [1.54, 1.807) is 6.20 Å². The number of benzene rings is 1. The van der Waals surface area contributed by atoms with Crippen LogP contribution in [0.1, 0.15) is 17.7 Å². The second-order valence-corrected chi connectivity index (χ2v) is 5.92. The van der Waals surface area contributed by atoms with Crippen molar-refractivity contribution in [3.05, 3.63) is 59.9 Å². The van der Waals surface area contributed by atoms with E-state index >= 15 is 0 Å². The average molecular weight is 326 g/mol. The second kappa shape index (κ2) is 9.55. The monoisotopic (exact) mass is 326 g/mol. The number of anilines is 1. The van der Waals surface area contributed by atoms with Crippen LogP contribution in [0.15, 0.2) is 48.7 Å². The van der Waals surface area contributed by atoms with Crippen LogP contribution in [0.2, 0.25) is 0 Å². The molecule has 0 atom stereocenters. The van der Waals surface area contributed by atoms with Crippen molar-refractivity contribution in [1.29, 1.82) is 0 Å². The third-order valence-electron chi connectivity index (χ3n) is 3.77. The molecule has 2 rings (SSSR count). The lowest BCUT2D eigenvalue weighted by Crippen LogP contribution is -2.37. The first kappa shape index (κ1) is 17.8. The number of aryl methyl sites for hydroxylation is 1. The van der Waals surface area contributed by atoms with Crippen molar-refractivity contribution >= 4 is 11.7 Å². The first-order valence-corrected chi connectivity index (χ1v) is 8.33. The van der Waals surface area contributed by atoms with Gasteiger partial charge in [-0.3, -0.25) is 4.98 Å². The molecule has 0 aliphatic rings. The van der Waals surface area contributed by atoms with Gasteiger partial charge < -0.3 is 15.5 Å². The van der Waals surface area contributed by atoms with E-state index in [0.717, 1.165) is 25.0 Å². The number of nitrogens with one attached hydrogen (secondary N) is 2. The molecule has 5 heteroatoms. The van der Waals surface area contributed by atoms with E-state index in [1.807, 2.05) is 32.3 Å². The van der Waals surface area contributed by atoms with Gasteiger partial charge in [-0.05, 0) is 42.7 Å². The van der Waals surface area contributed by atoms with Crippen LogP contribution in [0.4, 0.5) is 10.5 Å². The van der Waals surface area contributed by atoms with Crippen LogP contribution in [0, 0.1) is 0 Å². The van der Waals surface area contributed by atoms with E-state index < -0.39 is 0 Å². The molecule has 0 radical (unpaired) electrons. The quantitative estimate of drug-likeness (QED) is 0.733. The third kappa shape index (κ3) is 6.28. The summed E-state index contributed by atoms with van der Waals surface area (Å²) in [6.45, 7) is 1.26. The Hall–Kier alpha value is -2.56. The number of rotatable bonds is 8. The summed E-state index contributed by atoms with van der Waals surface area (Å²) in [5.41, 5.74) is 3.47. The molecule has 2 amide bonds. The zero-order valence-electron chi connectivity index (χ0n) is 14.5. The second-order valence-electron chi connectivity index (χ2n) is 5.92. The first-order chi connectivity index (χ1) is 11.6. The van der Waals surface area contributed by atoms with Gasteiger partial charge >= 0.3 is 6.03 Å². The van der Waals surface area contributed by atoms with Crippen molar-refractivity contribution in [2.24, 2.45) is 0 Å². The highest BCUT2D eigenvalue weighted by Gasteiger charge is 2.01. The lowest BCUT2D eigenvalue weighted by molar-refractivity contribution is 0.241. The first-order valence-electron chi connectivity index (χ1n) is 8.33. The van der Waals surface area contributed by atoms with Crippen molar-refractivity contribution in [2.45, 2.75) is 19.3 Å². The van der Waals surface area contributed by atoms with E-state index in [9.17, 15) is 4.79 Å². The summed E-state index contributed by atoms with van der Waals surface area (Å²) < 4.78 is 0. The number of urea groups is 1. The maximum atomic E-state index is 11.7. The lowest BCUT2D eigenvalue weighted by Gasteiger charge is -2.12. The predicted molar refractivity (Wildman–Crippen MR) is 98.4 cm³/mol. The minimum absolute atomic E-state index is 0.117. The van der Waals surface area contributed by atoms with Gasteiger partial charge in [-0.2, -0.15) is 0 Å². The van der Waals surface area contributed by atoms with Crippen molar-refractivity contribution in [2.75, 3.05) is 32.1 Å². The maximum absolute atomic E-state index is 11.7. The Kier molecular flexibility index (Phi) is 7.08. The Morgan fingerprint density at radius 1 is 1.00 bits per heavy atom. The molecule has 24 heavy (non-hydrogen) atoms. The minimum atomic E-state index is -0.117. The van der Waals surface area contributed by atoms with Crippen molar-refractivity contribution in [1.82, 2.24) is 15.6 Å². The van der Waals surface area contributed by atoms with Crippen LogP contribution in [0.5, 0.6) is 0 Å². The summed E-state index contributed by atoms with van der Waals surface area (Å²) in [5, 5.41) is 5.74. The molecule has 128 valence electrons. The third-order valence-corrected chi connectivity index (χ3v) is 3.77. The van der Waals surface area contributed by atoms with Crippen LogP contribution >= 0.6 is 0 Å². The average Bonchev–Trinajstić information content (AvgIpc) is 2.60. The van der Waals surface area contributed by atoms with Gasteiger partial charge in [0.1, 0.15) is 0 Å². The highest BCUT2D eigenvalue weighted by Crippen LogP contribution is 2.13. The molecule has 0 unspecified atom stereocenters. The summed E-state index contributed by atoms with van der Waals surface area (Å²) in [6, 6.07) is 14.2. The highest BCUT2D eigenvalue weighted by molar-refractivity contribution is 5.73. The molecule has 0 aliphatic heterocycles. The lowest BCUT2D eigenvalue weighted by atomic mass is 10.1. The molecule has 1 aromatic heterocycles. The van der Waals surface area contributed by atoms with Gasteiger partial charge in [-0.25, -0.2) is 4.79 Å². The molecule has 0 saturated carbocycles. The molecular formula is C19H26N4O. The number of aromatic nitrogens is 1. The summed E-state index contributed by atoms with van der Waals surface area (Å²) in [4.78, 5) is 18.0. The predicted octanol–water partition coefficient (Wildman–Crippen LogP) is 2.62. The summed E-state index contributed by atoms with van der Waals surface area (Å²) in [5.74, 6) is 0. The summed E-state index contributed by atoms with van der Waals surface area (Å²) in [7, 11) is 4.07. The number of amides is 2. The Labute approximate surface area is 144 Å². The fourth-order valence-electron chi connectivity index (χ4n) is 2.37. The number of carbonyl (C=O) groups is 1. The molecule has 0 aliphatic carbocycles. The molecule has 0 spiro atoms. The Balaban J connectivity index is 1.57. The van der Waals surface area contributed by atoms with Crippen LogP contribution in [0.25, 0.3) is 0 Å². The van der Waals surface area contributed by atoms with Crippen molar-refractivity contribution in [3.63, 3.8) is 0 Å². The van der Waals surface area contributed by atoms with E-state index in [-0.39, 0.29) is 6.03 Å². The zero-order valence-corrected chi connectivity index (χ0v) is 14.5. The normalized spacial score (nSPS) is 10.2. The molecule has 2 aromatic rings. The van der Waals surface area contributed by atoms with E-state index in [2.05, 4.69) is 44.8 Å². The van der Waals surface area contributed by atoms with Gasteiger partial charge in [0.15, 0.2) is 0 Å². The van der Waals surface area contributed by atoms with Gasteiger partial charge in [0.25, 0.3) is 0 Å². The van der Waals surface area contributed by atoms with Gasteiger partial charge in [0.05, 0.1) is 0 Å². The summed E-state index contributed by atoms with van der Waals surface area (Å²) >= 11 is 0. The van der Waals surface area contributed by atoms with E-state index in [4.69, 9.17) is 0 Å². The number of hydrogen-bond acceptors (Lipinski definition) is 3. The van der Waals surface area contributed by atoms with Crippen LogP contribution < -0.4 is 15.5 Å². The maximum Gasteiger partial charge on any atom is 0.314 e. The fourth-order valence-corrected chi connectivity index (χ4v) is 2.37. The standard InChI is InChI=1S/C19H26N4O/c1-23(2)18-10-8-16(9-11-18)6-5-14-21-19(24)22-15-12-17-7-3-4-13-20-17/h3-4,7-11,13H,5-6,12,14-15H2,1-2H3,(H2,21,22,24). The molecule has 1 aromatic carbocycles. The number of carbonyl (C=O) groups excluding carboxylic acids is 1. The Morgan fingerprint density at radius 3 is 2.42 bits per heavy atom. The molecule has 2 N–H and O–H groups in total. The van der Waals surface area contributed by atoms with Crippen LogP contribution in [-0.2, 0) is 12.8 Å². The van der Waals surface area contributed by atoms with Crippen LogP contribution in [-0.4, -0.2) is 38.2 Å². The zero-order chi connectivity index (χ0) is 17.2. The van der Waals surface area contributed by atoms with Gasteiger partial charge in [-0.1, -0.05) is 18.2 Å². The van der Waals surface area contributed by atoms with Gasteiger partial charge in [0, 0.05) is 51.2 Å². The van der Waals surface area contributed by atoms with E-state index in [0.29, 0.717) is 13.1 Å². The molecule has 0 fully saturated rings.